The Bertz CT molecular complexity index is 508. The van der Waals surface area contributed by atoms with E-state index < -0.39 is 29.6 Å². The molecular weight excluding hydrogens is 384 g/mol. The summed E-state index contributed by atoms with van der Waals surface area (Å²) in [6, 6.07) is 0. The SMILES string of the molecule is COC(COC(=O)CC1(C)OCCC(C)O1)COC(=O)CC1(C)OCCC(C)O1. The van der Waals surface area contributed by atoms with Gasteiger partial charge in [-0.15, -0.1) is 0 Å². The lowest BCUT2D eigenvalue weighted by atomic mass is 10.1. The van der Waals surface area contributed by atoms with Crippen molar-refractivity contribution in [3.63, 3.8) is 0 Å². The highest BCUT2D eigenvalue weighted by atomic mass is 16.7. The average Bonchev–Trinajstić information content (AvgIpc) is 2.60. The molecule has 0 aliphatic carbocycles. The van der Waals surface area contributed by atoms with E-state index in [0.29, 0.717) is 13.2 Å². The second-order valence-electron chi connectivity index (χ2n) is 7.98. The van der Waals surface area contributed by atoms with Crippen molar-refractivity contribution in [2.75, 3.05) is 33.5 Å². The molecule has 9 heteroatoms. The topological polar surface area (TPSA) is 98.8 Å². The number of methoxy groups -OCH3 is 1. The molecule has 0 aromatic carbocycles. The molecule has 2 saturated heterocycles. The molecule has 0 radical (unpaired) electrons. The molecule has 168 valence electrons. The van der Waals surface area contributed by atoms with Crippen LogP contribution in [0.1, 0.15) is 53.4 Å². The van der Waals surface area contributed by atoms with Crippen molar-refractivity contribution in [3.05, 3.63) is 0 Å². The maximum Gasteiger partial charge on any atom is 0.311 e. The molecule has 0 aromatic heterocycles. The third-order valence-corrected chi connectivity index (χ3v) is 4.89. The minimum Gasteiger partial charge on any atom is -0.463 e. The van der Waals surface area contributed by atoms with E-state index in [2.05, 4.69) is 0 Å². The fourth-order valence-electron chi connectivity index (χ4n) is 3.29. The predicted molar refractivity (Wildman–Crippen MR) is 101 cm³/mol. The van der Waals surface area contributed by atoms with E-state index in [4.69, 9.17) is 33.2 Å². The van der Waals surface area contributed by atoms with Crippen LogP contribution in [0.15, 0.2) is 0 Å². The molecular formula is C20H34O9. The van der Waals surface area contributed by atoms with Crippen LogP contribution in [0.5, 0.6) is 0 Å². The number of carbonyl (C=O) groups excluding carboxylic acids is 2. The van der Waals surface area contributed by atoms with E-state index in [-0.39, 0.29) is 38.3 Å². The first-order valence-electron chi connectivity index (χ1n) is 10.1. The fraction of sp³-hybridized carbons (Fsp3) is 0.900. The smallest absolute Gasteiger partial charge is 0.311 e. The van der Waals surface area contributed by atoms with Gasteiger partial charge in [0.05, 0.1) is 38.3 Å². The Hall–Kier alpha value is -1.26. The molecule has 0 bridgehead atoms. The molecule has 9 nitrogen and oxygen atoms in total. The lowest BCUT2D eigenvalue weighted by Gasteiger charge is -2.36. The summed E-state index contributed by atoms with van der Waals surface area (Å²) in [6.45, 7) is 8.29. The van der Waals surface area contributed by atoms with Gasteiger partial charge in [0.1, 0.15) is 19.3 Å². The minimum atomic E-state index is -0.990. The largest absolute Gasteiger partial charge is 0.463 e. The Balaban J connectivity index is 1.70. The van der Waals surface area contributed by atoms with Gasteiger partial charge in [-0.3, -0.25) is 9.59 Å². The van der Waals surface area contributed by atoms with Gasteiger partial charge in [-0.1, -0.05) is 0 Å². The van der Waals surface area contributed by atoms with Gasteiger partial charge in [0, 0.05) is 7.11 Å². The second kappa shape index (κ2) is 10.7. The first kappa shape index (κ1) is 24.0. The standard InChI is InChI=1S/C20H34O9/c1-14-6-8-26-19(3,28-14)10-17(21)24-12-16(23-5)13-25-18(22)11-20(4)27-9-7-15(2)29-20/h14-16H,6-13H2,1-5H3. The van der Waals surface area contributed by atoms with Crippen molar-refractivity contribution in [1.29, 1.82) is 0 Å². The molecule has 2 rings (SSSR count). The van der Waals surface area contributed by atoms with Crippen molar-refractivity contribution < 1.29 is 42.7 Å². The van der Waals surface area contributed by atoms with Crippen LogP contribution in [0.3, 0.4) is 0 Å². The summed E-state index contributed by atoms with van der Waals surface area (Å²) in [7, 11) is 1.46. The number of esters is 2. The summed E-state index contributed by atoms with van der Waals surface area (Å²) in [6.07, 6.45) is 0.982. The molecule has 2 aliphatic rings. The van der Waals surface area contributed by atoms with E-state index in [1.54, 1.807) is 13.8 Å². The van der Waals surface area contributed by atoms with Crippen molar-refractivity contribution in [3.8, 4) is 0 Å². The maximum atomic E-state index is 12.1. The van der Waals surface area contributed by atoms with Crippen molar-refractivity contribution in [2.45, 2.75) is 83.3 Å². The summed E-state index contributed by atoms with van der Waals surface area (Å²) in [5.74, 6) is -2.92. The number of carbonyl (C=O) groups is 2. The Morgan fingerprint density at radius 1 is 0.897 bits per heavy atom. The van der Waals surface area contributed by atoms with Crippen molar-refractivity contribution >= 4 is 11.9 Å². The number of rotatable bonds is 9. The number of hydrogen-bond donors (Lipinski definition) is 0. The zero-order valence-electron chi connectivity index (χ0n) is 18.1. The van der Waals surface area contributed by atoms with Crippen molar-refractivity contribution in [2.24, 2.45) is 0 Å². The Labute approximate surface area is 172 Å². The third-order valence-electron chi connectivity index (χ3n) is 4.89. The van der Waals surface area contributed by atoms with Crippen LogP contribution in [0, 0.1) is 0 Å². The van der Waals surface area contributed by atoms with Crippen LogP contribution in [0.2, 0.25) is 0 Å². The van der Waals surface area contributed by atoms with Crippen LogP contribution < -0.4 is 0 Å². The van der Waals surface area contributed by atoms with Gasteiger partial charge in [0.2, 0.25) is 0 Å². The summed E-state index contributed by atoms with van der Waals surface area (Å²) in [4.78, 5) is 24.3. The fourth-order valence-corrected chi connectivity index (χ4v) is 3.29. The van der Waals surface area contributed by atoms with E-state index in [0.717, 1.165) is 12.8 Å². The highest BCUT2D eigenvalue weighted by Crippen LogP contribution is 2.27. The zero-order chi connectivity index (χ0) is 21.5. The molecule has 0 aromatic rings. The van der Waals surface area contributed by atoms with Gasteiger partial charge in [-0.2, -0.15) is 0 Å². The average molecular weight is 418 g/mol. The van der Waals surface area contributed by atoms with Crippen molar-refractivity contribution in [1.82, 2.24) is 0 Å². The summed E-state index contributed by atoms with van der Waals surface area (Å²) in [5, 5.41) is 0. The Morgan fingerprint density at radius 3 is 1.66 bits per heavy atom. The molecule has 2 aliphatic heterocycles. The van der Waals surface area contributed by atoms with Crippen LogP contribution in [0.25, 0.3) is 0 Å². The van der Waals surface area contributed by atoms with Gasteiger partial charge in [0.25, 0.3) is 0 Å². The molecule has 2 fully saturated rings. The number of ether oxygens (including phenoxy) is 7. The first-order valence-corrected chi connectivity index (χ1v) is 10.1. The highest BCUT2D eigenvalue weighted by molar-refractivity contribution is 5.71. The van der Waals surface area contributed by atoms with Crippen LogP contribution in [-0.4, -0.2) is 75.4 Å². The van der Waals surface area contributed by atoms with E-state index >= 15 is 0 Å². The molecule has 4 atom stereocenters. The molecule has 0 amide bonds. The first-order chi connectivity index (χ1) is 13.6. The van der Waals surface area contributed by atoms with Crippen LogP contribution in [-0.2, 0) is 42.7 Å². The lowest BCUT2D eigenvalue weighted by Crippen LogP contribution is -2.44. The third kappa shape index (κ3) is 8.18. The molecule has 0 N–H and O–H groups in total. The normalized spacial score (nSPS) is 33.7. The molecule has 4 unspecified atom stereocenters. The van der Waals surface area contributed by atoms with Crippen LogP contribution >= 0.6 is 0 Å². The summed E-state index contributed by atoms with van der Waals surface area (Å²) >= 11 is 0. The van der Waals surface area contributed by atoms with E-state index in [1.165, 1.54) is 7.11 Å². The highest BCUT2D eigenvalue weighted by Gasteiger charge is 2.37. The lowest BCUT2D eigenvalue weighted by molar-refractivity contribution is -0.282. The number of hydrogen-bond acceptors (Lipinski definition) is 9. The molecule has 2 heterocycles. The quantitative estimate of drug-likeness (QED) is 0.520. The Morgan fingerprint density at radius 2 is 1.31 bits per heavy atom. The Kier molecular flexibility index (Phi) is 8.84. The van der Waals surface area contributed by atoms with Crippen LogP contribution in [0.4, 0.5) is 0 Å². The van der Waals surface area contributed by atoms with Gasteiger partial charge in [-0.25, -0.2) is 0 Å². The van der Waals surface area contributed by atoms with Gasteiger partial charge < -0.3 is 33.2 Å². The minimum absolute atomic E-state index is 0.0228. The van der Waals surface area contributed by atoms with Gasteiger partial charge >= 0.3 is 11.9 Å². The summed E-state index contributed by atoms with van der Waals surface area (Å²) in [5.41, 5.74) is 0. The summed E-state index contributed by atoms with van der Waals surface area (Å²) < 4.78 is 38.3. The van der Waals surface area contributed by atoms with E-state index in [1.807, 2.05) is 13.8 Å². The monoisotopic (exact) mass is 418 g/mol. The zero-order valence-corrected chi connectivity index (χ0v) is 18.1. The molecule has 29 heavy (non-hydrogen) atoms. The maximum absolute atomic E-state index is 12.1. The second-order valence-corrected chi connectivity index (χ2v) is 7.98. The van der Waals surface area contributed by atoms with E-state index in [9.17, 15) is 9.59 Å². The predicted octanol–water partition coefficient (Wildman–Crippen LogP) is 1.95. The molecule has 0 saturated carbocycles. The van der Waals surface area contributed by atoms with Gasteiger partial charge in [0.15, 0.2) is 11.6 Å². The van der Waals surface area contributed by atoms with Gasteiger partial charge in [-0.05, 0) is 40.5 Å². The molecule has 0 spiro atoms.